The third kappa shape index (κ3) is 3.69. The number of nitrogens with one attached hydrogen (secondary N) is 1. The Morgan fingerprint density at radius 2 is 1.81 bits per heavy atom. The Morgan fingerprint density at radius 1 is 1.07 bits per heavy atom. The van der Waals surface area contributed by atoms with Crippen LogP contribution in [0.4, 0.5) is 5.69 Å². The van der Waals surface area contributed by atoms with Crippen molar-refractivity contribution in [2.24, 2.45) is 4.99 Å². The Bertz CT molecular complexity index is 909. The summed E-state index contributed by atoms with van der Waals surface area (Å²) < 4.78 is 5.87. The summed E-state index contributed by atoms with van der Waals surface area (Å²) in [4.78, 5) is 8.86. The van der Waals surface area contributed by atoms with Gasteiger partial charge in [-0.2, -0.15) is 0 Å². The number of hydrogen-bond donors (Lipinski definition) is 2. The first kappa shape index (κ1) is 17.3. The molecule has 0 saturated carbocycles. The van der Waals surface area contributed by atoms with Crippen molar-refractivity contribution in [3.05, 3.63) is 60.4 Å². The van der Waals surface area contributed by atoms with Gasteiger partial charge in [0.05, 0.1) is 12.2 Å². The molecule has 0 radical (unpaired) electrons. The number of hydrogen-bond acceptors (Lipinski definition) is 4. The third-order valence-corrected chi connectivity index (χ3v) is 4.91. The first-order valence-corrected chi connectivity index (χ1v) is 9.20. The number of furan rings is 1. The van der Waals surface area contributed by atoms with E-state index in [9.17, 15) is 5.11 Å². The minimum atomic E-state index is 0.332. The second-order valence-corrected chi connectivity index (χ2v) is 6.61. The van der Waals surface area contributed by atoms with E-state index in [2.05, 4.69) is 32.2 Å². The molecule has 2 N–H and O–H groups in total. The highest BCUT2D eigenvalue weighted by Gasteiger charge is 2.21. The molecule has 6 heteroatoms. The number of aromatic hydroxyl groups is 1. The minimum Gasteiger partial charge on any atom is -0.506 e. The summed E-state index contributed by atoms with van der Waals surface area (Å²) in [5, 5.41) is 14.6. The van der Waals surface area contributed by atoms with E-state index in [0.29, 0.717) is 12.3 Å². The van der Waals surface area contributed by atoms with Gasteiger partial charge in [0.15, 0.2) is 5.96 Å². The van der Waals surface area contributed by atoms with Crippen molar-refractivity contribution in [2.75, 3.05) is 38.1 Å². The van der Waals surface area contributed by atoms with E-state index in [4.69, 9.17) is 4.42 Å². The van der Waals surface area contributed by atoms with Gasteiger partial charge in [-0.25, -0.2) is 0 Å². The number of anilines is 1. The van der Waals surface area contributed by atoms with E-state index >= 15 is 0 Å². The van der Waals surface area contributed by atoms with Crippen LogP contribution in [-0.2, 0) is 6.54 Å². The number of rotatable bonds is 3. The highest BCUT2D eigenvalue weighted by Crippen LogP contribution is 2.27. The van der Waals surface area contributed by atoms with Crippen LogP contribution < -0.4 is 10.2 Å². The summed E-state index contributed by atoms with van der Waals surface area (Å²) in [6, 6.07) is 17.6. The van der Waals surface area contributed by atoms with Crippen LogP contribution in [0.3, 0.4) is 0 Å². The third-order valence-electron chi connectivity index (χ3n) is 4.91. The maximum absolute atomic E-state index is 10.1. The molecule has 1 aliphatic rings. The number of piperazine rings is 1. The van der Waals surface area contributed by atoms with Crippen molar-refractivity contribution in [3.8, 4) is 5.75 Å². The topological polar surface area (TPSA) is 64.2 Å². The molecule has 0 atom stereocenters. The highest BCUT2D eigenvalue weighted by atomic mass is 16.3. The average molecular weight is 364 g/mol. The summed E-state index contributed by atoms with van der Waals surface area (Å²) >= 11 is 0. The summed E-state index contributed by atoms with van der Waals surface area (Å²) in [6.45, 7) is 3.95. The number of nitrogens with zero attached hydrogens (tertiary/aromatic N) is 3. The van der Waals surface area contributed by atoms with Crippen LogP contribution in [0.15, 0.2) is 64.0 Å². The monoisotopic (exact) mass is 364 g/mol. The van der Waals surface area contributed by atoms with Crippen molar-refractivity contribution < 1.29 is 9.52 Å². The molecule has 3 aromatic rings. The zero-order valence-electron chi connectivity index (χ0n) is 15.4. The predicted molar refractivity (Wildman–Crippen MR) is 108 cm³/mol. The molecule has 1 aromatic heterocycles. The van der Waals surface area contributed by atoms with Gasteiger partial charge in [-0.1, -0.05) is 30.3 Å². The van der Waals surface area contributed by atoms with Gasteiger partial charge in [0.2, 0.25) is 0 Å². The Hall–Kier alpha value is -3.15. The zero-order valence-corrected chi connectivity index (χ0v) is 15.4. The molecule has 0 unspecified atom stereocenters. The molecule has 0 aliphatic carbocycles. The standard InChI is InChI=1S/C21H24N4O2/c1-22-21(23-15-17-14-16-6-2-5-9-20(16)27-17)25-12-10-24(11-13-25)18-7-3-4-8-19(18)26/h2-9,14,26H,10-13,15H2,1H3,(H,22,23). The summed E-state index contributed by atoms with van der Waals surface area (Å²) in [5.74, 6) is 2.09. The number of benzene rings is 2. The quantitative estimate of drug-likeness (QED) is 0.552. The number of phenolic OH excluding ortho intramolecular Hbond substituents is 1. The van der Waals surface area contributed by atoms with Gasteiger partial charge in [0.1, 0.15) is 17.1 Å². The summed E-state index contributed by atoms with van der Waals surface area (Å²) in [7, 11) is 1.80. The van der Waals surface area contributed by atoms with Gasteiger partial charge in [-0.05, 0) is 24.3 Å². The van der Waals surface area contributed by atoms with E-state index in [0.717, 1.165) is 54.6 Å². The number of guanidine groups is 1. The van der Waals surface area contributed by atoms with Gasteiger partial charge in [-0.3, -0.25) is 4.99 Å². The fraction of sp³-hybridized carbons (Fsp3) is 0.286. The van der Waals surface area contributed by atoms with Crippen molar-refractivity contribution in [2.45, 2.75) is 6.54 Å². The molecule has 0 spiro atoms. The maximum atomic E-state index is 10.1. The fourth-order valence-corrected chi connectivity index (χ4v) is 3.51. The molecule has 6 nitrogen and oxygen atoms in total. The lowest BCUT2D eigenvalue weighted by molar-refractivity contribution is 0.367. The average Bonchev–Trinajstić information content (AvgIpc) is 3.12. The van der Waals surface area contributed by atoms with E-state index in [1.807, 2.05) is 36.4 Å². The second kappa shape index (κ2) is 7.61. The molecule has 0 bridgehead atoms. The van der Waals surface area contributed by atoms with E-state index < -0.39 is 0 Å². The van der Waals surface area contributed by atoms with E-state index in [-0.39, 0.29) is 0 Å². The maximum Gasteiger partial charge on any atom is 0.194 e. The smallest absolute Gasteiger partial charge is 0.194 e. The minimum absolute atomic E-state index is 0.332. The number of fused-ring (bicyclic) bond motifs is 1. The molecular formula is C21H24N4O2. The van der Waals surface area contributed by atoms with Crippen LogP contribution in [0.25, 0.3) is 11.0 Å². The summed E-state index contributed by atoms with van der Waals surface area (Å²) in [5.41, 5.74) is 1.79. The normalized spacial score (nSPS) is 15.4. The SMILES string of the molecule is CN=C(NCc1cc2ccccc2o1)N1CCN(c2ccccc2O)CC1. The Morgan fingerprint density at radius 3 is 2.56 bits per heavy atom. The largest absolute Gasteiger partial charge is 0.506 e. The molecule has 27 heavy (non-hydrogen) atoms. The molecule has 2 heterocycles. The lowest BCUT2D eigenvalue weighted by Crippen LogP contribution is -2.52. The lowest BCUT2D eigenvalue weighted by Gasteiger charge is -2.37. The number of para-hydroxylation sites is 3. The van der Waals surface area contributed by atoms with Crippen molar-refractivity contribution in [1.29, 1.82) is 0 Å². The molecular weight excluding hydrogens is 340 g/mol. The predicted octanol–water partition coefficient (Wildman–Crippen LogP) is 3.04. The molecule has 1 aliphatic heterocycles. The van der Waals surface area contributed by atoms with Crippen molar-refractivity contribution in [1.82, 2.24) is 10.2 Å². The van der Waals surface area contributed by atoms with Crippen molar-refractivity contribution >= 4 is 22.6 Å². The lowest BCUT2D eigenvalue weighted by atomic mass is 10.2. The van der Waals surface area contributed by atoms with Crippen LogP contribution in [0.1, 0.15) is 5.76 Å². The zero-order chi connectivity index (χ0) is 18.6. The van der Waals surface area contributed by atoms with Crippen LogP contribution in [0.5, 0.6) is 5.75 Å². The first-order valence-electron chi connectivity index (χ1n) is 9.20. The van der Waals surface area contributed by atoms with Crippen LogP contribution >= 0.6 is 0 Å². The van der Waals surface area contributed by atoms with Gasteiger partial charge in [0.25, 0.3) is 0 Å². The van der Waals surface area contributed by atoms with Gasteiger partial charge >= 0.3 is 0 Å². The van der Waals surface area contributed by atoms with E-state index in [1.165, 1.54) is 0 Å². The Labute approximate surface area is 158 Å². The Balaban J connectivity index is 1.36. The fourth-order valence-electron chi connectivity index (χ4n) is 3.51. The van der Waals surface area contributed by atoms with Crippen LogP contribution in [-0.4, -0.2) is 49.2 Å². The highest BCUT2D eigenvalue weighted by molar-refractivity contribution is 5.81. The van der Waals surface area contributed by atoms with Gasteiger partial charge < -0.3 is 24.6 Å². The second-order valence-electron chi connectivity index (χ2n) is 6.61. The first-order chi connectivity index (χ1) is 13.2. The van der Waals surface area contributed by atoms with Crippen molar-refractivity contribution in [3.63, 3.8) is 0 Å². The van der Waals surface area contributed by atoms with Gasteiger partial charge in [0, 0.05) is 38.6 Å². The number of aliphatic imine (C=N–C) groups is 1. The van der Waals surface area contributed by atoms with Crippen LogP contribution in [0.2, 0.25) is 0 Å². The molecule has 140 valence electrons. The van der Waals surface area contributed by atoms with E-state index in [1.54, 1.807) is 13.1 Å². The van der Waals surface area contributed by atoms with Gasteiger partial charge in [-0.15, -0.1) is 0 Å². The van der Waals surface area contributed by atoms with Crippen LogP contribution in [0, 0.1) is 0 Å². The number of phenols is 1. The summed E-state index contributed by atoms with van der Waals surface area (Å²) in [6.07, 6.45) is 0. The molecule has 0 amide bonds. The molecule has 2 aromatic carbocycles. The Kier molecular flexibility index (Phi) is 4.87. The molecule has 1 fully saturated rings. The molecule has 4 rings (SSSR count). The molecule has 1 saturated heterocycles.